The number of aliphatic hydroxyl groups excluding tert-OH is 1. The van der Waals surface area contributed by atoms with Crippen LogP contribution in [0, 0.1) is 11.6 Å². The lowest BCUT2D eigenvalue weighted by atomic mass is 9.90. The summed E-state index contributed by atoms with van der Waals surface area (Å²) in [4.78, 5) is 0. The Balaban J connectivity index is 2.07. The van der Waals surface area contributed by atoms with Crippen molar-refractivity contribution in [3.63, 3.8) is 0 Å². The van der Waals surface area contributed by atoms with Crippen LogP contribution in [0.2, 0.25) is 0 Å². The minimum Gasteiger partial charge on any atom is -0.387 e. The Morgan fingerprint density at radius 1 is 1.26 bits per heavy atom. The van der Waals surface area contributed by atoms with E-state index in [4.69, 9.17) is 0 Å². The van der Waals surface area contributed by atoms with Gasteiger partial charge in [0.1, 0.15) is 11.6 Å². The van der Waals surface area contributed by atoms with E-state index in [0.717, 1.165) is 38.2 Å². The summed E-state index contributed by atoms with van der Waals surface area (Å²) in [5, 5.41) is 13.7. The van der Waals surface area contributed by atoms with Gasteiger partial charge >= 0.3 is 0 Å². The van der Waals surface area contributed by atoms with E-state index in [2.05, 4.69) is 12.2 Å². The second-order valence-electron chi connectivity index (χ2n) is 5.34. The van der Waals surface area contributed by atoms with E-state index in [1.54, 1.807) is 0 Å². The fourth-order valence-corrected chi connectivity index (χ4v) is 2.86. The van der Waals surface area contributed by atoms with Gasteiger partial charge in [0, 0.05) is 18.2 Å². The van der Waals surface area contributed by atoms with Crippen molar-refractivity contribution in [1.29, 1.82) is 0 Å². The molecule has 1 fully saturated rings. The molecule has 0 unspecified atom stereocenters. The first kappa shape index (κ1) is 14.4. The number of piperidine rings is 1. The van der Waals surface area contributed by atoms with Gasteiger partial charge in [-0.25, -0.2) is 8.78 Å². The largest absolute Gasteiger partial charge is 0.387 e. The van der Waals surface area contributed by atoms with E-state index in [1.165, 1.54) is 12.1 Å². The predicted molar refractivity (Wildman–Crippen MR) is 70.8 cm³/mol. The van der Waals surface area contributed by atoms with E-state index >= 15 is 0 Å². The van der Waals surface area contributed by atoms with Crippen LogP contribution in [0.1, 0.15) is 50.7 Å². The van der Waals surface area contributed by atoms with Gasteiger partial charge in [0.15, 0.2) is 0 Å². The highest BCUT2D eigenvalue weighted by Gasteiger charge is 2.27. The van der Waals surface area contributed by atoms with Crippen LogP contribution >= 0.6 is 0 Å². The molecular formula is C15H21F2NO. The molecule has 1 aromatic rings. The Labute approximate surface area is 112 Å². The monoisotopic (exact) mass is 269 g/mol. The fourth-order valence-electron chi connectivity index (χ4n) is 2.86. The minimum absolute atomic E-state index is 0.119. The van der Waals surface area contributed by atoms with Crippen molar-refractivity contribution in [2.24, 2.45) is 0 Å². The van der Waals surface area contributed by atoms with Crippen LogP contribution in [0.5, 0.6) is 0 Å². The molecular weight excluding hydrogens is 248 g/mol. The molecule has 19 heavy (non-hydrogen) atoms. The van der Waals surface area contributed by atoms with Gasteiger partial charge in [0.25, 0.3) is 0 Å². The van der Waals surface area contributed by atoms with Crippen LogP contribution in [-0.2, 0) is 0 Å². The summed E-state index contributed by atoms with van der Waals surface area (Å²) < 4.78 is 26.4. The molecule has 1 heterocycles. The molecule has 4 heteroatoms. The molecule has 0 aromatic heterocycles. The van der Waals surface area contributed by atoms with Gasteiger partial charge in [-0.05, 0) is 37.0 Å². The van der Waals surface area contributed by atoms with E-state index in [9.17, 15) is 13.9 Å². The summed E-state index contributed by atoms with van der Waals surface area (Å²) in [5.74, 6) is -1.29. The van der Waals surface area contributed by atoms with Gasteiger partial charge in [-0.15, -0.1) is 0 Å². The van der Waals surface area contributed by atoms with Crippen molar-refractivity contribution in [3.05, 3.63) is 35.4 Å². The van der Waals surface area contributed by atoms with Crippen LogP contribution in [0.15, 0.2) is 18.2 Å². The first-order valence-corrected chi connectivity index (χ1v) is 7.00. The van der Waals surface area contributed by atoms with E-state index < -0.39 is 17.7 Å². The summed E-state index contributed by atoms with van der Waals surface area (Å²) in [6.07, 6.45) is 4.28. The second kappa shape index (κ2) is 6.44. The zero-order chi connectivity index (χ0) is 13.8. The first-order valence-electron chi connectivity index (χ1n) is 7.00. The van der Waals surface area contributed by atoms with Crippen molar-refractivity contribution >= 4 is 0 Å². The molecule has 2 rings (SSSR count). The van der Waals surface area contributed by atoms with Crippen LogP contribution in [0.4, 0.5) is 8.78 Å². The van der Waals surface area contributed by atoms with Crippen molar-refractivity contribution in [2.75, 3.05) is 0 Å². The topological polar surface area (TPSA) is 32.3 Å². The Morgan fingerprint density at radius 3 is 2.58 bits per heavy atom. The summed E-state index contributed by atoms with van der Waals surface area (Å²) in [6, 6.07) is 3.52. The number of benzene rings is 1. The summed E-state index contributed by atoms with van der Waals surface area (Å²) in [7, 11) is 0. The average molecular weight is 269 g/mol. The molecule has 0 radical (unpaired) electrons. The number of aliphatic hydroxyl groups is 1. The Bertz CT molecular complexity index is 402. The molecule has 1 aliphatic heterocycles. The van der Waals surface area contributed by atoms with Crippen LogP contribution < -0.4 is 5.32 Å². The summed E-state index contributed by atoms with van der Waals surface area (Å²) in [5.41, 5.74) is 0.312. The fraction of sp³-hybridized carbons (Fsp3) is 0.600. The first-order chi connectivity index (χ1) is 9.10. The average Bonchev–Trinajstić information content (AvgIpc) is 2.37. The van der Waals surface area contributed by atoms with E-state index in [1.807, 2.05) is 0 Å². The smallest absolute Gasteiger partial charge is 0.126 e. The molecule has 0 amide bonds. The highest BCUT2D eigenvalue weighted by Crippen LogP contribution is 2.26. The normalized spacial score (nSPS) is 25.3. The van der Waals surface area contributed by atoms with Crippen molar-refractivity contribution < 1.29 is 13.9 Å². The lowest BCUT2D eigenvalue weighted by molar-refractivity contribution is 0.0992. The summed E-state index contributed by atoms with van der Waals surface area (Å²) >= 11 is 0. The maximum absolute atomic E-state index is 13.2. The van der Waals surface area contributed by atoms with Crippen LogP contribution in [0.25, 0.3) is 0 Å². The molecule has 2 nitrogen and oxygen atoms in total. The molecule has 1 aliphatic rings. The Morgan fingerprint density at radius 2 is 1.95 bits per heavy atom. The zero-order valence-corrected chi connectivity index (χ0v) is 11.2. The van der Waals surface area contributed by atoms with Gasteiger partial charge in [0.05, 0.1) is 6.10 Å². The highest BCUT2D eigenvalue weighted by molar-refractivity contribution is 5.21. The highest BCUT2D eigenvalue weighted by atomic mass is 19.1. The molecule has 0 bridgehead atoms. The third-order valence-electron chi connectivity index (χ3n) is 3.76. The maximum Gasteiger partial charge on any atom is 0.126 e. The minimum atomic E-state index is -0.857. The maximum atomic E-state index is 13.2. The number of hydrogen-bond acceptors (Lipinski definition) is 2. The molecule has 0 saturated carbocycles. The van der Waals surface area contributed by atoms with Gasteiger partial charge in [-0.1, -0.05) is 19.8 Å². The van der Waals surface area contributed by atoms with Crippen LogP contribution in [0.3, 0.4) is 0 Å². The van der Waals surface area contributed by atoms with Gasteiger partial charge in [-0.2, -0.15) is 0 Å². The van der Waals surface area contributed by atoms with E-state index in [0.29, 0.717) is 11.6 Å². The number of hydrogen-bond donors (Lipinski definition) is 2. The van der Waals surface area contributed by atoms with Crippen molar-refractivity contribution in [1.82, 2.24) is 5.32 Å². The molecule has 1 aromatic carbocycles. The zero-order valence-electron chi connectivity index (χ0n) is 11.2. The third-order valence-corrected chi connectivity index (χ3v) is 3.76. The Kier molecular flexibility index (Phi) is 4.88. The lowest BCUT2D eigenvalue weighted by Crippen LogP contribution is -2.45. The second-order valence-corrected chi connectivity index (χ2v) is 5.34. The van der Waals surface area contributed by atoms with Crippen LogP contribution in [-0.4, -0.2) is 17.2 Å². The Hall–Kier alpha value is -1.00. The number of halogens is 2. The number of nitrogens with one attached hydrogen (secondary N) is 1. The lowest BCUT2D eigenvalue weighted by Gasteiger charge is -2.34. The van der Waals surface area contributed by atoms with Crippen molar-refractivity contribution in [3.8, 4) is 0 Å². The van der Waals surface area contributed by atoms with Gasteiger partial charge < -0.3 is 10.4 Å². The molecule has 0 spiro atoms. The molecule has 0 aliphatic carbocycles. The van der Waals surface area contributed by atoms with E-state index in [-0.39, 0.29) is 6.04 Å². The SMILES string of the molecule is CCC[C@H]1CCC[C@H]([C@H](O)c2cc(F)cc(F)c2)N1. The third kappa shape index (κ3) is 3.74. The van der Waals surface area contributed by atoms with Crippen molar-refractivity contribution in [2.45, 2.75) is 57.2 Å². The van der Waals surface area contributed by atoms with Gasteiger partial charge in [0.2, 0.25) is 0 Å². The standard InChI is InChI=1S/C15H21F2NO/c1-2-4-13-5-3-6-14(18-13)15(19)10-7-11(16)9-12(17)8-10/h7-9,13-15,18-19H,2-6H2,1H3/t13-,14+,15+/m0/s1. The quantitative estimate of drug-likeness (QED) is 0.879. The molecule has 1 saturated heterocycles. The molecule has 3 atom stereocenters. The molecule has 106 valence electrons. The molecule has 2 N–H and O–H groups in total. The van der Waals surface area contributed by atoms with Gasteiger partial charge in [-0.3, -0.25) is 0 Å². The summed E-state index contributed by atoms with van der Waals surface area (Å²) in [6.45, 7) is 2.13. The predicted octanol–water partition coefficient (Wildman–Crippen LogP) is 3.31. The number of rotatable bonds is 4.